The zero-order valence-electron chi connectivity index (χ0n) is 11.8. The summed E-state index contributed by atoms with van der Waals surface area (Å²) in [5.74, 6) is -0.589. The summed E-state index contributed by atoms with van der Waals surface area (Å²) in [5, 5.41) is 18.2. The second-order valence-corrected chi connectivity index (χ2v) is 5.65. The Morgan fingerprint density at radius 2 is 2.15 bits per heavy atom. The van der Waals surface area contributed by atoms with Crippen LogP contribution in [0.5, 0.6) is 0 Å². The molecule has 0 aliphatic carbocycles. The van der Waals surface area contributed by atoms with Gasteiger partial charge in [0.25, 0.3) is 0 Å². The Kier molecular flexibility index (Phi) is 7.11. The van der Waals surface area contributed by atoms with Gasteiger partial charge in [-0.3, -0.25) is 4.90 Å². The van der Waals surface area contributed by atoms with Crippen molar-refractivity contribution < 1.29 is 24.5 Å². The van der Waals surface area contributed by atoms with Gasteiger partial charge in [-0.25, -0.2) is 9.59 Å². The van der Waals surface area contributed by atoms with Crippen molar-refractivity contribution in [1.82, 2.24) is 9.80 Å². The maximum atomic E-state index is 12.5. The molecule has 1 fully saturated rings. The molecule has 2 amide bonds. The Hall–Kier alpha value is -0.990. The summed E-state index contributed by atoms with van der Waals surface area (Å²) in [6, 6.07) is -1.15. The van der Waals surface area contributed by atoms with Crippen LogP contribution in [0.2, 0.25) is 0 Å². The first-order valence-corrected chi connectivity index (χ1v) is 7.63. The number of carboxylic acid groups (broad SMARTS) is 1. The Labute approximate surface area is 122 Å². The largest absolute Gasteiger partial charge is 0.480 e. The lowest BCUT2D eigenvalue weighted by Gasteiger charge is -2.32. The Morgan fingerprint density at radius 3 is 2.65 bits per heavy atom. The third kappa shape index (κ3) is 4.00. The number of amides is 2. The van der Waals surface area contributed by atoms with Gasteiger partial charge in [0, 0.05) is 26.0 Å². The number of aliphatic hydroxyl groups is 1. The van der Waals surface area contributed by atoms with Crippen molar-refractivity contribution in [2.45, 2.75) is 24.8 Å². The minimum Gasteiger partial charge on any atom is -0.480 e. The minimum absolute atomic E-state index is 0.132. The van der Waals surface area contributed by atoms with Gasteiger partial charge in [-0.15, -0.1) is 11.8 Å². The highest BCUT2D eigenvalue weighted by molar-refractivity contribution is 8.00. The number of carbonyl (C=O) groups excluding carboxylic acids is 1. The molecular formula is C12H22N2O5S. The van der Waals surface area contributed by atoms with E-state index in [-0.39, 0.29) is 24.6 Å². The van der Waals surface area contributed by atoms with Crippen LogP contribution in [0.15, 0.2) is 0 Å². The van der Waals surface area contributed by atoms with Crippen LogP contribution in [-0.4, -0.2) is 82.6 Å². The first-order valence-electron chi connectivity index (χ1n) is 6.58. The summed E-state index contributed by atoms with van der Waals surface area (Å²) in [4.78, 5) is 26.7. The van der Waals surface area contributed by atoms with Gasteiger partial charge in [-0.05, 0) is 6.42 Å². The van der Waals surface area contributed by atoms with E-state index in [1.165, 1.54) is 28.7 Å². The third-order valence-corrected chi connectivity index (χ3v) is 4.61. The smallest absolute Gasteiger partial charge is 0.327 e. The summed E-state index contributed by atoms with van der Waals surface area (Å²) in [5.41, 5.74) is 0. The van der Waals surface area contributed by atoms with Gasteiger partial charge in [0.15, 0.2) is 0 Å². The van der Waals surface area contributed by atoms with Gasteiger partial charge in [0.1, 0.15) is 6.04 Å². The van der Waals surface area contributed by atoms with E-state index in [2.05, 4.69) is 0 Å². The molecule has 2 N–H and O–H groups in total. The van der Waals surface area contributed by atoms with Crippen LogP contribution in [0, 0.1) is 0 Å². The van der Waals surface area contributed by atoms with Crippen LogP contribution in [-0.2, 0) is 9.53 Å². The predicted octanol–water partition coefficient (Wildman–Crippen LogP) is 0.285. The Bertz CT molecular complexity index is 342. The lowest BCUT2D eigenvalue weighted by atomic mass is 10.2. The number of carboxylic acids is 1. The fourth-order valence-corrected chi connectivity index (χ4v) is 3.45. The van der Waals surface area contributed by atoms with Crippen molar-refractivity contribution in [1.29, 1.82) is 0 Å². The fourth-order valence-electron chi connectivity index (χ4n) is 2.11. The molecule has 1 rings (SSSR count). The lowest BCUT2D eigenvalue weighted by molar-refractivity contribution is -0.141. The number of hydrogen-bond acceptors (Lipinski definition) is 5. The number of carbonyl (C=O) groups is 2. The van der Waals surface area contributed by atoms with Crippen molar-refractivity contribution in [3.63, 3.8) is 0 Å². The first kappa shape index (κ1) is 17.1. The maximum absolute atomic E-state index is 12.5. The van der Waals surface area contributed by atoms with Crippen LogP contribution < -0.4 is 0 Å². The number of aliphatic carboxylic acids is 1. The SMILES string of the molecule is CCC1SCC(C(=O)O)N1C(=O)N(CCO)CCOC. The first-order chi connectivity index (χ1) is 9.56. The second-order valence-electron chi connectivity index (χ2n) is 4.44. The van der Waals surface area contributed by atoms with Gasteiger partial charge in [0.2, 0.25) is 0 Å². The molecule has 0 aromatic heterocycles. The molecule has 0 aromatic carbocycles. The van der Waals surface area contributed by atoms with Crippen LogP contribution >= 0.6 is 11.8 Å². The maximum Gasteiger partial charge on any atom is 0.327 e. The predicted molar refractivity (Wildman–Crippen MR) is 75.7 cm³/mol. The number of ether oxygens (including phenoxy) is 1. The zero-order chi connectivity index (χ0) is 15.1. The average molecular weight is 306 g/mol. The quantitative estimate of drug-likeness (QED) is 0.702. The van der Waals surface area contributed by atoms with Gasteiger partial charge in [0.05, 0.1) is 18.6 Å². The Morgan fingerprint density at radius 1 is 1.45 bits per heavy atom. The van der Waals surface area contributed by atoms with E-state index in [9.17, 15) is 14.7 Å². The lowest BCUT2D eigenvalue weighted by Crippen LogP contribution is -2.52. The number of methoxy groups -OCH3 is 1. The van der Waals surface area contributed by atoms with Gasteiger partial charge < -0.3 is 19.8 Å². The van der Waals surface area contributed by atoms with E-state index in [1.54, 1.807) is 0 Å². The third-order valence-electron chi connectivity index (χ3n) is 3.15. The highest BCUT2D eigenvalue weighted by atomic mass is 32.2. The summed E-state index contributed by atoms with van der Waals surface area (Å²) in [6.45, 7) is 2.62. The standard InChI is InChI=1S/C12H22N2O5S/c1-3-10-14(9(8-20-10)11(16)17)12(18)13(4-6-15)5-7-19-2/h9-10,15H,3-8H2,1-2H3,(H,16,17). The molecule has 2 unspecified atom stereocenters. The van der Waals surface area contributed by atoms with Gasteiger partial charge >= 0.3 is 12.0 Å². The molecule has 1 aliphatic rings. The van der Waals surface area contributed by atoms with E-state index in [4.69, 9.17) is 9.84 Å². The van der Waals surface area contributed by atoms with Gasteiger partial charge in [-0.1, -0.05) is 6.92 Å². The van der Waals surface area contributed by atoms with Crippen LogP contribution in [0.1, 0.15) is 13.3 Å². The molecule has 1 aliphatic heterocycles. The number of hydrogen-bond donors (Lipinski definition) is 2. The number of thioether (sulfide) groups is 1. The van der Waals surface area contributed by atoms with E-state index < -0.39 is 12.0 Å². The number of aliphatic hydroxyl groups excluding tert-OH is 1. The molecule has 2 atom stereocenters. The van der Waals surface area contributed by atoms with Gasteiger partial charge in [-0.2, -0.15) is 0 Å². The summed E-state index contributed by atoms with van der Waals surface area (Å²) in [7, 11) is 1.53. The molecule has 116 valence electrons. The normalized spacial score (nSPS) is 22.1. The fraction of sp³-hybridized carbons (Fsp3) is 0.833. The molecule has 0 saturated carbocycles. The Balaban J connectivity index is 2.84. The van der Waals surface area contributed by atoms with Crippen LogP contribution in [0.3, 0.4) is 0 Å². The number of nitrogens with zero attached hydrogens (tertiary/aromatic N) is 2. The summed E-state index contributed by atoms with van der Waals surface area (Å²) in [6.07, 6.45) is 0.692. The molecule has 0 spiro atoms. The molecule has 8 heteroatoms. The molecule has 1 heterocycles. The van der Waals surface area contributed by atoms with E-state index in [0.717, 1.165) is 0 Å². The van der Waals surface area contributed by atoms with Crippen molar-refractivity contribution >= 4 is 23.8 Å². The van der Waals surface area contributed by atoms with E-state index in [1.807, 2.05) is 6.92 Å². The highest BCUT2D eigenvalue weighted by Gasteiger charge is 2.42. The molecule has 7 nitrogen and oxygen atoms in total. The second kappa shape index (κ2) is 8.33. The van der Waals surface area contributed by atoms with E-state index in [0.29, 0.717) is 25.3 Å². The highest BCUT2D eigenvalue weighted by Crippen LogP contribution is 2.32. The van der Waals surface area contributed by atoms with Crippen molar-refractivity contribution in [2.75, 3.05) is 39.2 Å². The van der Waals surface area contributed by atoms with Crippen molar-refractivity contribution in [3.05, 3.63) is 0 Å². The minimum atomic E-state index is -0.988. The molecule has 20 heavy (non-hydrogen) atoms. The van der Waals surface area contributed by atoms with Crippen molar-refractivity contribution in [2.24, 2.45) is 0 Å². The monoisotopic (exact) mass is 306 g/mol. The van der Waals surface area contributed by atoms with Crippen molar-refractivity contribution in [3.8, 4) is 0 Å². The number of urea groups is 1. The molecule has 0 aromatic rings. The molecule has 0 bridgehead atoms. The zero-order valence-corrected chi connectivity index (χ0v) is 12.6. The van der Waals surface area contributed by atoms with E-state index >= 15 is 0 Å². The van der Waals surface area contributed by atoms with Crippen LogP contribution in [0.4, 0.5) is 4.79 Å². The molecule has 0 radical (unpaired) electrons. The summed E-state index contributed by atoms with van der Waals surface area (Å²) < 4.78 is 4.94. The molecule has 1 saturated heterocycles. The summed E-state index contributed by atoms with van der Waals surface area (Å²) >= 11 is 1.48. The van der Waals surface area contributed by atoms with Crippen LogP contribution in [0.25, 0.3) is 0 Å². The molecular weight excluding hydrogens is 284 g/mol. The average Bonchev–Trinajstić information content (AvgIpc) is 2.86. The topological polar surface area (TPSA) is 90.3 Å². The number of rotatable bonds is 7.